The number of thiophene rings is 1. The Bertz CT molecular complexity index is 1810. The van der Waals surface area contributed by atoms with Gasteiger partial charge in [-0.1, -0.05) is 12.1 Å². The predicted octanol–water partition coefficient (Wildman–Crippen LogP) is 6.27. The summed E-state index contributed by atoms with van der Waals surface area (Å²) in [6.07, 6.45) is 1.17. The molecule has 0 aliphatic carbocycles. The van der Waals surface area contributed by atoms with Crippen LogP contribution in [0.25, 0.3) is 21.6 Å². The molecule has 4 heterocycles. The molecule has 1 saturated heterocycles. The van der Waals surface area contributed by atoms with Gasteiger partial charge in [0.15, 0.2) is 5.82 Å². The molecule has 3 aromatic heterocycles. The Morgan fingerprint density at radius 1 is 1.12 bits per heavy atom. The number of ether oxygens (including phenoxy) is 3. The Morgan fingerprint density at radius 2 is 1.93 bits per heavy atom. The van der Waals surface area contributed by atoms with Crippen LogP contribution in [0.4, 0.5) is 8.78 Å². The molecule has 11 heteroatoms. The Morgan fingerprint density at radius 3 is 2.61 bits per heavy atom. The van der Waals surface area contributed by atoms with E-state index >= 15 is 4.39 Å². The van der Waals surface area contributed by atoms with Gasteiger partial charge in [-0.3, -0.25) is 0 Å². The van der Waals surface area contributed by atoms with Gasteiger partial charge in [0.05, 0.1) is 42.6 Å². The fourth-order valence-electron chi connectivity index (χ4n) is 4.52. The molecule has 1 aliphatic heterocycles. The average Bonchev–Trinajstić information content (AvgIpc) is 3.51. The van der Waals surface area contributed by atoms with Crippen LogP contribution in [0.5, 0.6) is 11.6 Å². The molecule has 0 spiro atoms. The zero-order chi connectivity index (χ0) is 28.5. The van der Waals surface area contributed by atoms with Crippen molar-refractivity contribution in [3.05, 3.63) is 94.1 Å². The normalized spacial score (nSPS) is 14.4. The van der Waals surface area contributed by atoms with Crippen molar-refractivity contribution in [2.24, 2.45) is 0 Å². The number of aromatic nitrogens is 3. The van der Waals surface area contributed by atoms with Crippen LogP contribution in [0.1, 0.15) is 33.0 Å². The second-order valence-corrected chi connectivity index (χ2v) is 10.4. The molecule has 0 amide bonds. The van der Waals surface area contributed by atoms with Gasteiger partial charge in [-0.25, -0.2) is 23.5 Å². The standard InChI is InChI=1S/C30H22F2N4O4S/c1-38-30(37)26-14-25-29(41-26)35-27(36(25)16-21-10-11-39-21)13-18-4-5-19(12-23(18)32)24-9-8-22(31)28(34-24)40-20-6-2-17(15-33)3-7-20/h2-9,12,14,21H,10-11,13,16H2,1H3/t21-/m0/s1. The number of carbonyl (C=O) groups is 1. The first-order valence-electron chi connectivity index (χ1n) is 12.7. The molecule has 0 unspecified atom stereocenters. The fraction of sp³-hybridized carbons (Fsp3) is 0.200. The Labute approximate surface area is 237 Å². The largest absolute Gasteiger partial charge is 0.465 e. The Hall–Kier alpha value is -4.66. The van der Waals surface area contributed by atoms with Gasteiger partial charge in [-0.15, -0.1) is 11.3 Å². The van der Waals surface area contributed by atoms with E-state index in [9.17, 15) is 9.18 Å². The first-order valence-corrected chi connectivity index (χ1v) is 13.6. The summed E-state index contributed by atoms with van der Waals surface area (Å²) in [7, 11) is 1.33. The molecule has 5 aromatic rings. The highest BCUT2D eigenvalue weighted by Crippen LogP contribution is 2.31. The van der Waals surface area contributed by atoms with Crippen molar-refractivity contribution in [1.82, 2.24) is 14.5 Å². The molecule has 206 valence electrons. The molecule has 41 heavy (non-hydrogen) atoms. The quantitative estimate of drug-likeness (QED) is 0.202. The summed E-state index contributed by atoms with van der Waals surface area (Å²) in [5.41, 5.74) is 2.43. The number of pyridine rings is 1. The number of esters is 1. The molecule has 0 bridgehead atoms. The number of nitriles is 1. The number of imidazole rings is 1. The highest BCUT2D eigenvalue weighted by molar-refractivity contribution is 7.20. The molecule has 6 rings (SSSR count). The topological polar surface area (TPSA) is 99.3 Å². The van der Waals surface area contributed by atoms with E-state index in [1.807, 2.05) is 10.6 Å². The minimum absolute atomic E-state index is 0.0325. The predicted molar refractivity (Wildman–Crippen MR) is 147 cm³/mol. The maximum absolute atomic E-state index is 15.4. The molecular formula is C30H22F2N4O4S. The summed E-state index contributed by atoms with van der Waals surface area (Å²) in [5.74, 6) is -0.854. The van der Waals surface area contributed by atoms with Crippen molar-refractivity contribution >= 4 is 27.7 Å². The van der Waals surface area contributed by atoms with E-state index in [0.717, 1.165) is 11.9 Å². The molecule has 1 aliphatic rings. The van der Waals surface area contributed by atoms with Crippen molar-refractivity contribution < 1.29 is 27.8 Å². The van der Waals surface area contributed by atoms with E-state index in [-0.39, 0.29) is 18.4 Å². The van der Waals surface area contributed by atoms with Gasteiger partial charge in [0.25, 0.3) is 5.88 Å². The van der Waals surface area contributed by atoms with Crippen LogP contribution in [-0.4, -0.2) is 40.3 Å². The lowest BCUT2D eigenvalue weighted by Gasteiger charge is -2.27. The minimum Gasteiger partial charge on any atom is -0.465 e. The van der Waals surface area contributed by atoms with Crippen molar-refractivity contribution in [2.45, 2.75) is 25.5 Å². The van der Waals surface area contributed by atoms with Crippen LogP contribution in [0.15, 0.2) is 60.7 Å². The molecule has 1 fully saturated rings. The number of hydrogen-bond acceptors (Lipinski definition) is 8. The summed E-state index contributed by atoms with van der Waals surface area (Å²) in [5, 5.41) is 8.95. The molecule has 0 saturated carbocycles. The minimum atomic E-state index is -0.673. The maximum atomic E-state index is 15.4. The highest BCUT2D eigenvalue weighted by atomic mass is 32.1. The third-order valence-corrected chi connectivity index (χ3v) is 7.80. The van der Waals surface area contributed by atoms with Gasteiger partial charge in [0, 0.05) is 18.6 Å². The van der Waals surface area contributed by atoms with Crippen LogP contribution >= 0.6 is 11.3 Å². The number of methoxy groups -OCH3 is 1. The third-order valence-electron chi connectivity index (χ3n) is 6.80. The lowest BCUT2D eigenvalue weighted by Crippen LogP contribution is -2.31. The highest BCUT2D eigenvalue weighted by Gasteiger charge is 2.24. The van der Waals surface area contributed by atoms with E-state index in [4.69, 9.17) is 24.5 Å². The number of nitrogens with zero attached hydrogens (tertiary/aromatic N) is 4. The van der Waals surface area contributed by atoms with E-state index in [2.05, 4.69) is 4.98 Å². The molecule has 1 atom stereocenters. The second-order valence-electron chi connectivity index (χ2n) is 9.42. The Balaban J connectivity index is 1.26. The number of hydrogen-bond donors (Lipinski definition) is 0. The van der Waals surface area contributed by atoms with E-state index in [1.54, 1.807) is 42.5 Å². The van der Waals surface area contributed by atoms with Gasteiger partial charge in [0.1, 0.15) is 27.1 Å². The number of carbonyl (C=O) groups excluding carboxylic acids is 1. The first-order chi connectivity index (χ1) is 19.9. The monoisotopic (exact) mass is 572 g/mol. The molecule has 0 N–H and O–H groups in total. The van der Waals surface area contributed by atoms with Crippen LogP contribution in [-0.2, 0) is 22.4 Å². The summed E-state index contributed by atoms with van der Waals surface area (Å²) in [6.45, 7) is 1.24. The van der Waals surface area contributed by atoms with Crippen LogP contribution in [0.3, 0.4) is 0 Å². The first kappa shape index (κ1) is 26.6. The smallest absolute Gasteiger partial charge is 0.348 e. The fourth-order valence-corrected chi connectivity index (χ4v) is 5.49. The zero-order valence-corrected chi connectivity index (χ0v) is 22.6. The van der Waals surface area contributed by atoms with Crippen molar-refractivity contribution in [3.63, 3.8) is 0 Å². The zero-order valence-electron chi connectivity index (χ0n) is 21.8. The summed E-state index contributed by atoms with van der Waals surface area (Å²) in [6, 6.07) is 17.3. The van der Waals surface area contributed by atoms with Gasteiger partial charge < -0.3 is 18.8 Å². The number of fused-ring (bicyclic) bond motifs is 1. The van der Waals surface area contributed by atoms with Crippen molar-refractivity contribution in [2.75, 3.05) is 13.7 Å². The van der Waals surface area contributed by atoms with E-state index < -0.39 is 17.6 Å². The Kier molecular flexibility index (Phi) is 7.17. The van der Waals surface area contributed by atoms with Gasteiger partial charge in [-0.05, 0) is 60.5 Å². The third kappa shape index (κ3) is 5.39. The van der Waals surface area contributed by atoms with E-state index in [0.29, 0.717) is 56.8 Å². The second kappa shape index (κ2) is 11.1. The number of halogens is 2. The summed E-state index contributed by atoms with van der Waals surface area (Å²) >= 11 is 1.23. The number of benzene rings is 2. The van der Waals surface area contributed by atoms with Crippen molar-refractivity contribution in [3.8, 4) is 29.0 Å². The summed E-state index contributed by atoms with van der Waals surface area (Å²) in [4.78, 5) is 22.1. The van der Waals surface area contributed by atoms with Gasteiger partial charge in [0.2, 0.25) is 0 Å². The summed E-state index contributed by atoms with van der Waals surface area (Å²) < 4.78 is 47.9. The van der Waals surface area contributed by atoms with Crippen LogP contribution < -0.4 is 4.74 Å². The lowest BCUT2D eigenvalue weighted by atomic mass is 10.0. The van der Waals surface area contributed by atoms with Crippen molar-refractivity contribution in [1.29, 1.82) is 5.26 Å². The maximum Gasteiger partial charge on any atom is 0.348 e. The van der Waals surface area contributed by atoms with Gasteiger partial charge in [-0.2, -0.15) is 5.26 Å². The van der Waals surface area contributed by atoms with Gasteiger partial charge >= 0.3 is 5.97 Å². The van der Waals surface area contributed by atoms with Crippen LogP contribution in [0, 0.1) is 23.0 Å². The molecule has 8 nitrogen and oxygen atoms in total. The molecule has 2 aromatic carbocycles. The van der Waals surface area contributed by atoms with Crippen LogP contribution in [0.2, 0.25) is 0 Å². The molecular weight excluding hydrogens is 550 g/mol. The SMILES string of the molecule is COC(=O)c1cc2c(nc(Cc3ccc(-c4ccc(F)c(Oc5ccc(C#N)cc5)n4)cc3F)n2C[C@@H]2CCO2)s1. The average molecular weight is 573 g/mol. The molecule has 0 radical (unpaired) electrons. The van der Waals surface area contributed by atoms with E-state index in [1.165, 1.54) is 36.6 Å². The number of rotatable bonds is 8. The lowest BCUT2D eigenvalue weighted by molar-refractivity contribution is -0.0589.